The fourth-order valence-electron chi connectivity index (χ4n) is 0.380. The minimum absolute atomic E-state index is 0.177. The SMILES string of the molecule is COC(=O)CCSC(C)=S. The fraction of sp³-hybridized carbons (Fsp3) is 0.667. The first-order valence-corrected chi connectivity index (χ1v) is 4.26. The summed E-state index contributed by atoms with van der Waals surface area (Å²) in [7, 11) is 1.39. The Bertz CT molecular complexity index is 134. The van der Waals surface area contributed by atoms with Gasteiger partial charge in [0.1, 0.15) is 0 Å². The predicted octanol–water partition coefficient (Wildman–Crippen LogP) is 1.63. The number of carbonyl (C=O) groups is 1. The third kappa shape index (κ3) is 6.04. The van der Waals surface area contributed by atoms with Crippen molar-refractivity contribution in [3.05, 3.63) is 0 Å². The van der Waals surface area contributed by atoms with Crippen LogP contribution in [0.25, 0.3) is 0 Å². The molecule has 0 aromatic rings. The van der Waals surface area contributed by atoms with Gasteiger partial charge in [-0.1, -0.05) is 12.2 Å². The molecule has 2 nitrogen and oxygen atoms in total. The maximum atomic E-state index is 10.5. The molecular weight excluding hydrogens is 168 g/mol. The number of ether oxygens (including phenoxy) is 1. The van der Waals surface area contributed by atoms with Crippen LogP contribution >= 0.6 is 24.0 Å². The van der Waals surface area contributed by atoms with Crippen molar-refractivity contribution in [2.45, 2.75) is 13.3 Å². The van der Waals surface area contributed by atoms with Gasteiger partial charge in [0.05, 0.1) is 13.5 Å². The summed E-state index contributed by atoms with van der Waals surface area (Å²) in [6.45, 7) is 1.84. The van der Waals surface area contributed by atoms with E-state index in [4.69, 9.17) is 12.2 Å². The van der Waals surface area contributed by atoms with Crippen LogP contribution in [0.3, 0.4) is 0 Å². The summed E-state index contributed by atoms with van der Waals surface area (Å²) in [5, 5.41) is 0. The second-order valence-electron chi connectivity index (χ2n) is 1.67. The topological polar surface area (TPSA) is 26.3 Å². The average Bonchev–Trinajstić information content (AvgIpc) is 1.87. The Morgan fingerprint density at radius 2 is 2.30 bits per heavy atom. The second kappa shape index (κ2) is 5.68. The minimum Gasteiger partial charge on any atom is -0.469 e. The summed E-state index contributed by atoms with van der Waals surface area (Å²) in [4.78, 5) is 10.5. The Morgan fingerprint density at radius 3 is 2.70 bits per heavy atom. The lowest BCUT2D eigenvalue weighted by atomic mass is 10.5. The molecule has 0 saturated carbocycles. The number of carbonyl (C=O) groups excluding carboxylic acids is 1. The molecule has 0 spiro atoms. The summed E-state index contributed by atoms with van der Waals surface area (Å²) >= 11 is 6.30. The zero-order valence-corrected chi connectivity index (χ0v) is 7.68. The van der Waals surface area contributed by atoms with Gasteiger partial charge in [-0.2, -0.15) is 0 Å². The highest BCUT2D eigenvalue weighted by Crippen LogP contribution is 2.05. The maximum Gasteiger partial charge on any atom is 0.306 e. The van der Waals surface area contributed by atoms with Gasteiger partial charge >= 0.3 is 5.97 Å². The predicted molar refractivity (Wildman–Crippen MR) is 47.4 cm³/mol. The van der Waals surface area contributed by atoms with E-state index in [9.17, 15) is 4.79 Å². The van der Waals surface area contributed by atoms with E-state index >= 15 is 0 Å². The molecule has 0 N–H and O–H groups in total. The van der Waals surface area contributed by atoms with Crippen LogP contribution in [-0.4, -0.2) is 23.0 Å². The first kappa shape index (κ1) is 9.91. The molecule has 0 aliphatic heterocycles. The highest BCUT2D eigenvalue weighted by molar-refractivity contribution is 8.23. The molecule has 4 heteroatoms. The van der Waals surface area contributed by atoms with Crippen LogP contribution < -0.4 is 0 Å². The van der Waals surface area contributed by atoms with Crippen LogP contribution in [0.5, 0.6) is 0 Å². The molecule has 0 aliphatic carbocycles. The number of thiocarbonyl (C=S) groups is 1. The lowest BCUT2D eigenvalue weighted by Gasteiger charge is -1.96. The monoisotopic (exact) mass is 178 g/mol. The highest BCUT2D eigenvalue weighted by Gasteiger charge is 1.98. The normalized spacial score (nSPS) is 9.00. The van der Waals surface area contributed by atoms with Crippen molar-refractivity contribution in [1.29, 1.82) is 0 Å². The molecule has 0 rings (SSSR count). The van der Waals surface area contributed by atoms with E-state index in [1.54, 1.807) is 0 Å². The van der Waals surface area contributed by atoms with Gasteiger partial charge in [-0.05, 0) is 6.92 Å². The Morgan fingerprint density at radius 1 is 1.70 bits per heavy atom. The number of thioether (sulfide) groups is 1. The summed E-state index contributed by atoms with van der Waals surface area (Å²) in [6.07, 6.45) is 0.440. The van der Waals surface area contributed by atoms with E-state index < -0.39 is 0 Å². The number of rotatable bonds is 3. The van der Waals surface area contributed by atoms with Crippen LogP contribution in [0.15, 0.2) is 0 Å². The van der Waals surface area contributed by atoms with Crippen molar-refractivity contribution in [2.75, 3.05) is 12.9 Å². The van der Waals surface area contributed by atoms with Crippen molar-refractivity contribution in [2.24, 2.45) is 0 Å². The molecule has 0 saturated heterocycles. The molecule has 0 heterocycles. The smallest absolute Gasteiger partial charge is 0.306 e. The number of hydrogen-bond donors (Lipinski definition) is 0. The Hall–Kier alpha value is -0.0900. The molecule has 0 unspecified atom stereocenters. The van der Waals surface area contributed by atoms with Gasteiger partial charge in [0.25, 0.3) is 0 Å². The van der Waals surface area contributed by atoms with Crippen LogP contribution in [0.2, 0.25) is 0 Å². The van der Waals surface area contributed by atoms with Crippen LogP contribution in [0.4, 0.5) is 0 Å². The Kier molecular flexibility index (Phi) is 5.63. The van der Waals surface area contributed by atoms with Crippen LogP contribution in [-0.2, 0) is 9.53 Å². The van der Waals surface area contributed by atoms with Crippen molar-refractivity contribution < 1.29 is 9.53 Å². The van der Waals surface area contributed by atoms with Crippen molar-refractivity contribution in [3.8, 4) is 0 Å². The number of hydrogen-bond acceptors (Lipinski definition) is 4. The lowest BCUT2D eigenvalue weighted by molar-refractivity contribution is -0.140. The quantitative estimate of drug-likeness (QED) is 0.484. The number of methoxy groups -OCH3 is 1. The largest absolute Gasteiger partial charge is 0.469 e. The van der Waals surface area contributed by atoms with Crippen molar-refractivity contribution >= 4 is 34.1 Å². The van der Waals surface area contributed by atoms with Gasteiger partial charge in [-0.3, -0.25) is 4.79 Å². The molecule has 0 bridgehead atoms. The van der Waals surface area contributed by atoms with Crippen molar-refractivity contribution in [3.63, 3.8) is 0 Å². The first-order valence-electron chi connectivity index (χ1n) is 2.87. The summed E-state index contributed by atoms with van der Waals surface area (Å²) in [5.41, 5.74) is 0. The van der Waals surface area contributed by atoms with E-state index in [2.05, 4.69) is 4.74 Å². The van der Waals surface area contributed by atoms with Gasteiger partial charge in [-0.15, -0.1) is 11.8 Å². The summed E-state index contributed by atoms with van der Waals surface area (Å²) in [6, 6.07) is 0. The van der Waals surface area contributed by atoms with E-state index in [1.807, 2.05) is 6.92 Å². The number of esters is 1. The molecule has 0 aromatic heterocycles. The third-order valence-corrected chi connectivity index (χ3v) is 2.01. The first-order chi connectivity index (χ1) is 4.66. The molecule has 0 amide bonds. The van der Waals surface area contributed by atoms with E-state index in [-0.39, 0.29) is 5.97 Å². The Labute approximate surface area is 70.3 Å². The van der Waals surface area contributed by atoms with E-state index in [0.29, 0.717) is 6.42 Å². The maximum absolute atomic E-state index is 10.5. The molecule has 0 atom stereocenters. The van der Waals surface area contributed by atoms with Crippen molar-refractivity contribution in [1.82, 2.24) is 0 Å². The fourth-order valence-corrected chi connectivity index (χ4v) is 1.19. The third-order valence-electron chi connectivity index (χ3n) is 0.839. The van der Waals surface area contributed by atoms with Gasteiger partial charge in [0.2, 0.25) is 0 Å². The molecule has 0 aliphatic rings. The van der Waals surface area contributed by atoms with Gasteiger partial charge in [0, 0.05) is 9.95 Å². The summed E-state index contributed by atoms with van der Waals surface area (Å²) in [5.74, 6) is 0.547. The van der Waals surface area contributed by atoms with Gasteiger partial charge in [-0.25, -0.2) is 0 Å². The molecule has 0 fully saturated rings. The summed E-state index contributed by atoms with van der Waals surface area (Å²) < 4.78 is 5.30. The van der Waals surface area contributed by atoms with Crippen LogP contribution in [0.1, 0.15) is 13.3 Å². The standard InChI is InChI=1S/C6H10O2S2/c1-5(9)10-4-3-6(7)8-2/h3-4H2,1-2H3. The zero-order valence-electron chi connectivity index (χ0n) is 6.05. The van der Waals surface area contributed by atoms with Gasteiger partial charge in [0.15, 0.2) is 0 Å². The zero-order chi connectivity index (χ0) is 7.98. The molecular formula is C6H10O2S2. The van der Waals surface area contributed by atoms with E-state index in [0.717, 1.165) is 9.95 Å². The van der Waals surface area contributed by atoms with E-state index in [1.165, 1.54) is 18.9 Å². The van der Waals surface area contributed by atoms with Gasteiger partial charge < -0.3 is 4.74 Å². The lowest BCUT2D eigenvalue weighted by Crippen LogP contribution is -2.01. The molecule has 10 heavy (non-hydrogen) atoms. The molecule has 0 aromatic carbocycles. The van der Waals surface area contributed by atoms with Crippen LogP contribution in [0, 0.1) is 0 Å². The molecule has 58 valence electrons. The second-order valence-corrected chi connectivity index (χ2v) is 3.85. The minimum atomic E-state index is -0.177. The average molecular weight is 178 g/mol. The molecule has 0 radical (unpaired) electrons. The Balaban J connectivity index is 3.20. The highest BCUT2D eigenvalue weighted by atomic mass is 32.2.